The largest absolute Gasteiger partial charge is 0.493 e. The molecular weight excluding hydrogens is 396 g/mol. The molecule has 0 aliphatic carbocycles. The van der Waals surface area contributed by atoms with Gasteiger partial charge in [-0.1, -0.05) is 23.7 Å². The zero-order chi connectivity index (χ0) is 20.5. The van der Waals surface area contributed by atoms with Gasteiger partial charge < -0.3 is 19.8 Å². The highest BCUT2D eigenvalue weighted by molar-refractivity contribution is 6.33. The van der Waals surface area contributed by atoms with Gasteiger partial charge in [0.2, 0.25) is 0 Å². The van der Waals surface area contributed by atoms with Gasteiger partial charge in [0.25, 0.3) is 5.56 Å². The molecule has 29 heavy (non-hydrogen) atoms. The number of H-pyrrole nitrogens is 2. The first-order chi connectivity index (χ1) is 14.0. The predicted molar refractivity (Wildman–Crippen MR) is 109 cm³/mol. The van der Waals surface area contributed by atoms with Crippen LogP contribution < -0.4 is 10.3 Å². The molecule has 0 bridgehead atoms. The van der Waals surface area contributed by atoms with Gasteiger partial charge in [0.1, 0.15) is 11.6 Å². The van der Waals surface area contributed by atoms with Gasteiger partial charge in [-0.3, -0.25) is 4.79 Å². The van der Waals surface area contributed by atoms with E-state index < -0.39 is 5.97 Å². The summed E-state index contributed by atoms with van der Waals surface area (Å²) >= 11 is 5.96. The summed E-state index contributed by atoms with van der Waals surface area (Å²) in [6.07, 6.45) is 1.41. The van der Waals surface area contributed by atoms with E-state index in [2.05, 4.69) is 19.9 Å². The number of carbonyl (C=O) groups is 1. The smallest absolute Gasteiger partial charge is 0.337 e. The molecule has 4 rings (SSSR count). The lowest BCUT2D eigenvalue weighted by Gasteiger charge is -2.12. The Balaban J connectivity index is 1.84. The van der Waals surface area contributed by atoms with Crippen LogP contribution in [0.2, 0.25) is 5.02 Å². The number of aromatic carboxylic acids is 1. The van der Waals surface area contributed by atoms with E-state index >= 15 is 0 Å². The second-order valence-corrected chi connectivity index (χ2v) is 6.57. The van der Waals surface area contributed by atoms with Gasteiger partial charge >= 0.3 is 5.97 Å². The van der Waals surface area contributed by atoms with E-state index in [9.17, 15) is 14.7 Å². The minimum absolute atomic E-state index is 0.0150. The first-order valence-corrected chi connectivity index (χ1v) is 9.09. The number of nitrogens with zero attached hydrogens (tertiary/aromatic N) is 2. The topological polar surface area (TPSA) is 121 Å². The van der Waals surface area contributed by atoms with Crippen molar-refractivity contribution in [3.63, 3.8) is 0 Å². The van der Waals surface area contributed by atoms with E-state index in [-0.39, 0.29) is 16.1 Å². The molecule has 0 aliphatic heterocycles. The lowest BCUT2D eigenvalue weighted by atomic mass is 10.0. The monoisotopic (exact) mass is 410 g/mol. The molecule has 3 N–H and O–H groups in total. The Morgan fingerprint density at radius 1 is 1.21 bits per heavy atom. The molecule has 0 saturated heterocycles. The van der Waals surface area contributed by atoms with Gasteiger partial charge in [-0.05, 0) is 42.3 Å². The molecule has 2 aromatic carbocycles. The fourth-order valence-electron chi connectivity index (χ4n) is 3.01. The van der Waals surface area contributed by atoms with Crippen LogP contribution in [0.15, 0.2) is 47.5 Å². The van der Waals surface area contributed by atoms with Gasteiger partial charge in [-0.15, -0.1) is 0 Å². The van der Waals surface area contributed by atoms with Crippen LogP contribution in [0.4, 0.5) is 0 Å². The maximum Gasteiger partial charge on any atom is 0.337 e. The van der Waals surface area contributed by atoms with Crippen LogP contribution in [0.25, 0.3) is 33.7 Å². The van der Waals surface area contributed by atoms with E-state index in [1.807, 2.05) is 6.92 Å². The van der Waals surface area contributed by atoms with E-state index in [1.165, 1.54) is 12.4 Å². The summed E-state index contributed by atoms with van der Waals surface area (Å²) in [5.74, 6) is -0.283. The Morgan fingerprint density at radius 2 is 1.97 bits per heavy atom. The van der Waals surface area contributed by atoms with Crippen LogP contribution in [0, 0.1) is 0 Å². The predicted octanol–water partition coefficient (Wildman–Crippen LogP) is 3.73. The number of benzene rings is 2. The number of aromatic nitrogens is 4. The zero-order valence-electron chi connectivity index (χ0n) is 15.2. The van der Waals surface area contributed by atoms with Gasteiger partial charge in [0.15, 0.2) is 11.2 Å². The average Bonchev–Trinajstić information content (AvgIpc) is 3.17. The standard InChI is InChI=1S/C20H15ClN4O4/c1-2-29-15-8-11(10-4-6-14(21)13(7-10)20(27)28)3-5-12(15)17-24-18-16(19(26)25-17)22-9-23-18/h3-9H,2H2,1H3,(H,27,28)(H2,22,23,24,25,26). The van der Waals surface area contributed by atoms with Crippen molar-refractivity contribution in [2.45, 2.75) is 6.92 Å². The Hall–Kier alpha value is -3.65. The molecular formula is C20H15ClN4O4. The zero-order valence-corrected chi connectivity index (χ0v) is 15.9. The third kappa shape index (κ3) is 3.45. The molecule has 9 heteroatoms. The SMILES string of the molecule is CCOc1cc(-c2ccc(Cl)c(C(=O)O)c2)ccc1-c1nc2nc[nH]c2c(=O)[nH]1. The van der Waals surface area contributed by atoms with E-state index in [0.29, 0.717) is 40.5 Å². The van der Waals surface area contributed by atoms with Crippen molar-refractivity contribution in [2.24, 2.45) is 0 Å². The molecule has 0 aliphatic rings. The molecule has 0 saturated carbocycles. The summed E-state index contributed by atoms with van der Waals surface area (Å²) in [6.45, 7) is 2.24. The first-order valence-electron chi connectivity index (χ1n) is 8.71. The number of hydrogen-bond donors (Lipinski definition) is 3. The Labute approximate surface area is 169 Å². The summed E-state index contributed by atoms with van der Waals surface area (Å²) in [5.41, 5.74) is 2.27. The molecule has 2 aromatic heterocycles. The van der Waals surface area contributed by atoms with E-state index in [4.69, 9.17) is 16.3 Å². The van der Waals surface area contributed by atoms with Crippen LogP contribution in [0.5, 0.6) is 5.75 Å². The van der Waals surface area contributed by atoms with Crippen molar-refractivity contribution < 1.29 is 14.6 Å². The number of halogens is 1. The fraction of sp³-hybridized carbons (Fsp3) is 0.100. The van der Waals surface area contributed by atoms with Gasteiger partial charge in [-0.2, -0.15) is 0 Å². The minimum Gasteiger partial charge on any atom is -0.493 e. The molecule has 0 unspecified atom stereocenters. The summed E-state index contributed by atoms with van der Waals surface area (Å²) in [4.78, 5) is 37.5. The third-order valence-electron chi connectivity index (χ3n) is 4.36. The molecule has 0 amide bonds. The lowest BCUT2D eigenvalue weighted by Crippen LogP contribution is -2.10. The number of imidazole rings is 1. The van der Waals surface area contributed by atoms with E-state index in [0.717, 1.165) is 5.56 Å². The highest BCUT2D eigenvalue weighted by atomic mass is 35.5. The van der Waals surface area contributed by atoms with Crippen molar-refractivity contribution in [1.82, 2.24) is 19.9 Å². The maximum atomic E-state index is 12.2. The molecule has 8 nitrogen and oxygen atoms in total. The molecule has 0 fully saturated rings. The van der Waals surface area contributed by atoms with Gasteiger partial charge in [0, 0.05) is 0 Å². The normalized spacial score (nSPS) is 11.0. The quantitative estimate of drug-likeness (QED) is 0.461. The number of hydrogen-bond acceptors (Lipinski definition) is 5. The summed E-state index contributed by atoms with van der Waals surface area (Å²) in [7, 11) is 0. The molecule has 0 spiro atoms. The van der Waals surface area contributed by atoms with Crippen molar-refractivity contribution in [3.8, 4) is 28.3 Å². The summed E-state index contributed by atoms with van der Waals surface area (Å²) in [5, 5.41) is 9.47. The van der Waals surface area contributed by atoms with Gasteiger partial charge in [0.05, 0.1) is 29.1 Å². The number of ether oxygens (including phenoxy) is 1. The maximum absolute atomic E-state index is 12.2. The van der Waals surface area contributed by atoms with Crippen molar-refractivity contribution in [3.05, 3.63) is 63.7 Å². The van der Waals surface area contributed by atoms with E-state index in [1.54, 1.807) is 30.3 Å². The number of aromatic amines is 2. The second-order valence-electron chi connectivity index (χ2n) is 6.16. The number of fused-ring (bicyclic) bond motifs is 1. The van der Waals surface area contributed by atoms with Crippen LogP contribution >= 0.6 is 11.6 Å². The number of carboxylic acid groups (broad SMARTS) is 1. The highest BCUT2D eigenvalue weighted by Crippen LogP contribution is 2.34. The van der Waals surface area contributed by atoms with Gasteiger partial charge in [-0.25, -0.2) is 14.8 Å². The van der Waals surface area contributed by atoms with Crippen LogP contribution in [-0.4, -0.2) is 37.6 Å². The Bertz CT molecular complexity index is 1300. The number of rotatable bonds is 5. The fourth-order valence-corrected chi connectivity index (χ4v) is 3.21. The van der Waals surface area contributed by atoms with Crippen LogP contribution in [0.1, 0.15) is 17.3 Å². The van der Waals surface area contributed by atoms with Crippen molar-refractivity contribution >= 4 is 28.7 Å². The highest BCUT2D eigenvalue weighted by Gasteiger charge is 2.15. The molecule has 0 radical (unpaired) electrons. The minimum atomic E-state index is -1.10. The first kappa shape index (κ1) is 18.7. The van der Waals surface area contributed by atoms with Crippen LogP contribution in [-0.2, 0) is 0 Å². The Morgan fingerprint density at radius 3 is 2.72 bits per heavy atom. The second kappa shape index (κ2) is 7.40. The molecule has 0 atom stereocenters. The van der Waals surface area contributed by atoms with Crippen LogP contribution in [0.3, 0.4) is 0 Å². The molecule has 4 aromatic rings. The van der Waals surface area contributed by atoms with Crippen molar-refractivity contribution in [2.75, 3.05) is 6.61 Å². The molecule has 2 heterocycles. The average molecular weight is 411 g/mol. The third-order valence-corrected chi connectivity index (χ3v) is 4.69. The van der Waals surface area contributed by atoms with Crippen molar-refractivity contribution in [1.29, 1.82) is 0 Å². The number of carboxylic acids is 1. The molecule has 146 valence electrons. The Kier molecular flexibility index (Phi) is 4.77. The summed E-state index contributed by atoms with van der Waals surface area (Å²) < 4.78 is 5.76. The number of nitrogens with one attached hydrogen (secondary N) is 2. The summed E-state index contributed by atoms with van der Waals surface area (Å²) in [6, 6.07) is 10.1. The lowest BCUT2D eigenvalue weighted by molar-refractivity contribution is 0.0697.